The van der Waals surface area contributed by atoms with Crippen molar-refractivity contribution < 1.29 is 9.53 Å². The monoisotopic (exact) mass is 267 g/mol. The van der Waals surface area contributed by atoms with E-state index in [9.17, 15) is 4.79 Å². The Morgan fingerprint density at radius 2 is 2.18 bits per heavy atom. The first-order chi connectivity index (χ1) is 8.05. The molecule has 0 amide bonds. The summed E-state index contributed by atoms with van der Waals surface area (Å²) in [4.78, 5) is 17.3. The zero-order chi connectivity index (χ0) is 12.5. The molecule has 0 saturated heterocycles. The van der Waals surface area contributed by atoms with Gasteiger partial charge in [-0.2, -0.15) is 0 Å². The minimum atomic E-state index is -0.694. The molecule has 0 saturated carbocycles. The van der Waals surface area contributed by atoms with E-state index >= 15 is 0 Å². The third-order valence-electron chi connectivity index (χ3n) is 2.57. The highest BCUT2D eigenvalue weighted by Crippen LogP contribution is 2.32. The van der Waals surface area contributed by atoms with Crippen LogP contribution in [0.15, 0.2) is 22.9 Å². The molecule has 2 rings (SSSR count). The molecular formula is C12H13NO2S2. The van der Waals surface area contributed by atoms with Crippen molar-refractivity contribution in [2.24, 2.45) is 0 Å². The molecule has 0 aliphatic carbocycles. The van der Waals surface area contributed by atoms with Crippen molar-refractivity contribution in [2.45, 2.75) is 19.3 Å². The van der Waals surface area contributed by atoms with E-state index < -0.39 is 5.41 Å². The molecule has 2 heterocycles. The molecule has 0 fully saturated rings. The molecule has 0 N–H and O–H groups in total. The van der Waals surface area contributed by atoms with Gasteiger partial charge in [-0.15, -0.1) is 22.7 Å². The van der Waals surface area contributed by atoms with E-state index in [4.69, 9.17) is 4.74 Å². The molecule has 0 unspecified atom stereocenters. The number of esters is 1. The molecule has 0 aliphatic rings. The Morgan fingerprint density at radius 1 is 1.41 bits per heavy atom. The van der Waals surface area contributed by atoms with Gasteiger partial charge in [0.05, 0.1) is 17.7 Å². The second-order valence-electron chi connectivity index (χ2n) is 4.13. The molecule has 0 spiro atoms. The van der Waals surface area contributed by atoms with Crippen molar-refractivity contribution in [1.29, 1.82) is 0 Å². The normalized spacial score (nSPS) is 11.5. The minimum absolute atomic E-state index is 0.263. The van der Waals surface area contributed by atoms with Gasteiger partial charge in [0.25, 0.3) is 0 Å². The molecule has 2 aromatic rings. The Kier molecular flexibility index (Phi) is 3.31. The van der Waals surface area contributed by atoms with Gasteiger partial charge in [-0.25, -0.2) is 4.98 Å². The topological polar surface area (TPSA) is 39.2 Å². The Labute approximate surface area is 108 Å². The maximum absolute atomic E-state index is 11.7. The van der Waals surface area contributed by atoms with Crippen LogP contribution in [0.3, 0.4) is 0 Å². The number of aromatic nitrogens is 1. The van der Waals surface area contributed by atoms with Gasteiger partial charge < -0.3 is 4.74 Å². The van der Waals surface area contributed by atoms with Gasteiger partial charge in [-0.1, -0.05) is 6.07 Å². The van der Waals surface area contributed by atoms with Gasteiger partial charge in [0.2, 0.25) is 0 Å². The predicted molar refractivity (Wildman–Crippen MR) is 70.5 cm³/mol. The summed E-state index contributed by atoms with van der Waals surface area (Å²) < 4.78 is 4.80. The third-order valence-corrected chi connectivity index (χ3v) is 4.45. The standard InChI is InChI=1S/C12H13NO2S2/c1-12(2,11(14)15-3)9-7-17-10(13-9)8-5-4-6-16-8/h4-7H,1-3H3. The zero-order valence-electron chi connectivity index (χ0n) is 9.89. The molecule has 5 heteroatoms. The van der Waals surface area contributed by atoms with Crippen molar-refractivity contribution in [3.8, 4) is 9.88 Å². The smallest absolute Gasteiger partial charge is 0.317 e. The van der Waals surface area contributed by atoms with Crippen molar-refractivity contribution >= 4 is 28.6 Å². The second-order valence-corrected chi connectivity index (χ2v) is 5.94. The number of thiophene rings is 1. The number of carbonyl (C=O) groups excluding carboxylic acids is 1. The number of thiazole rings is 1. The number of hydrogen-bond acceptors (Lipinski definition) is 5. The third kappa shape index (κ3) is 2.25. The summed E-state index contributed by atoms with van der Waals surface area (Å²) >= 11 is 3.20. The molecular weight excluding hydrogens is 254 g/mol. The van der Waals surface area contributed by atoms with Crippen LogP contribution in [0.4, 0.5) is 0 Å². The van der Waals surface area contributed by atoms with E-state index in [0.29, 0.717) is 0 Å². The van der Waals surface area contributed by atoms with Crippen LogP contribution in [-0.2, 0) is 14.9 Å². The first-order valence-corrected chi connectivity index (χ1v) is 6.90. The summed E-state index contributed by atoms with van der Waals surface area (Å²) in [6.07, 6.45) is 0. The molecule has 2 aromatic heterocycles. The van der Waals surface area contributed by atoms with Crippen molar-refractivity contribution in [3.63, 3.8) is 0 Å². The van der Waals surface area contributed by atoms with Gasteiger partial charge in [-0.05, 0) is 25.3 Å². The average molecular weight is 267 g/mol. The molecule has 0 aliphatic heterocycles. The van der Waals surface area contributed by atoms with Crippen LogP contribution in [0.1, 0.15) is 19.5 Å². The first kappa shape index (κ1) is 12.3. The quantitative estimate of drug-likeness (QED) is 0.801. The molecule has 3 nitrogen and oxygen atoms in total. The largest absolute Gasteiger partial charge is 0.468 e. The van der Waals surface area contributed by atoms with Gasteiger partial charge in [0, 0.05) is 5.38 Å². The summed E-state index contributed by atoms with van der Waals surface area (Å²) in [5, 5.41) is 4.89. The highest BCUT2D eigenvalue weighted by molar-refractivity contribution is 7.20. The van der Waals surface area contributed by atoms with Crippen molar-refractivity contribution in [3.05, 3.63) is 28.6 Å². The van der Waals surface area contributed by atoms with Crippen LogP contribution in [0.25, 0.3) is 9.88 Å². The Morgan fingerprint density at radius 3 is 2.76 bits per heavy atom. The predicted octanol–water partition coefficient (Wildman–Crippen LogP) is 3.32. The molecule has 17 heavy (non-hydrogen) atoms. The lowest BCUT2D eigenvalue weighted by Crippen LogP contribution is -2.30. The summed E-state index contributed by atoms with van der Waals surface area (Å²) in [6, 6.07) is 4.02. The maximum Gasteiger partial charge on any atom is 0.317 e. The Bertz CT molecular complexity index is 514. The van der Waals surface area contributed by atoms with E-state index in [0.717, 1.165) is 15.6 Å². The van der Waals surface area contributed by atoms with E-state index in [1.165, 1.54) is 7.11 Å². The Hall–Kier alpha value is -1.20. The van der Waals surface area contributed by atoms with E-state index in [-0.39, 0.29) is 5.97 Å². The minimum Gasteiger partial charge on any atom is -0.468 e. The second kappa shape index (κ2) is 4.58. The van der Waals surface area contributed by atoms with E-state index in [2.05, 4.69) is 4.98 Å². The van der Waals surface area contributed by atoms with Crippen LogP contribution in [0.2, 0.25) is 0 Å². The summed E-state index contributed by atoms with van der Waals surface area (Å²) in [5.41, 5.74) is 0.0681. The molecule has 90 valence electrons. The molecule has 0 aromatic carbocycles. The highest BCUT2D eigenvalue weighted by Gasteiger charge is 2.33. The number of nitrogens with zero attached hydrogens (tertiary/aromatic N) is 1. The fraction of sp³-hybridized carbons (Fsp3) is 0.333. The SMILES string of the molecule is COC(=O)C(C)(C)c1csc(-c2cccs2)n1. The number of rotatable bonds is 3. The van der Waals surface area contributed by atoms with Gasteiger partial charge in [0.1, 0.15) is 10.4 Å². The lowest BCUT2D eigenvalue weighted by atomic mass is 9.90. The zero-order valence-corrected chi connectivity index (χ0v) is 11.5. The van der Waals surface area contributed by atoms with Crippen LogP contribution >= 0.6 is 22.7 Å². The van der Waals surface area contributed by atoms with E-state index in [1.54, 1.807) is 22.7 Å². The van der Waals surface area contributed by atoms with Crippen LogP contribution < -0.4 is 0 Å². The lowest BCUT2D eigenvalue weighted by Gasteiger charge is -2.18. The van der Waals surface area contributed by atoms with Gasteiger partial charge in [-0.3, -0.25) is 4.79 Å². The van der Waals surface area contributed by atoms with Crippen LogP contribution in [0, 0.1) is 0 Å². The summed E-state index contributed by atoms with van der Waals surface area (Å²) in [5.74, 6) is -0.263. The molecule has 0 bridgehead atoms. The fourth-order valence-electron chi connectivity index (χ4n) is 1.43. The fourth-order valence-corrected chi connectivity index (χ4v) is 3.24. The Balaban J connectivity index is 2.33. The average Bonchev–Trinajstić information content (AvgIpc) is 2.97. The first-order valence-electron chi connectivity index (χ1n) is 5.14. The van der Waals surface area contributed by atoms with Crippen LogP contribution in [-0.4, -0.2) is 18.1 Å². The number of hydrogen-bond donors (Lipinski definition) is 0. The molecule has 0 radical (unpaired) electrons. The summed E-state index contributed by atoms with van der Waals surface area (Å²) in [6.45, 7) is 3.65. The number of methoxy groups -OCH3 is 1. The van der Waals surface area contributed by atoms with Crippen molar-refractivity contribution in [1.82, 2.24) is 4.98 Å². The molecule has 0 atom stereocenters. The highest BCUT2D eigenvalue weighted by atomic mass is 32.1. The van der Waals surface area contributed by atoms with Gasteiger partial charge >= 0.3 is 5.97 Å². The van der Waals surface area contributed by atoms with Crippen molar-refractivity contribution in [2.75, 3.05) is 7.11 Å². The summed E-state index contributed by atoms with van der Waals surface area (Å²) in [7, 11) is 1.40. The number of carbonyl (C=O) groups is 1. The maximum atomic E-state index is 11.7. The van der Waals surface area contributed by atoms with Gasteiger partial charge in [0.15, 0.2) is 0 Å². The lowest BCUT2D eigenvalue weighted by molar-refractivity contribution is -0.146. The number of ether oxygens (including phenoxy) is 1. The van der Waals surface area contributed by atoms with Crippen LogP contribution in [0.5, 0.6) is 0 Å². The van der Waals surface area contributed by atoms with E-state index in [1.807, 2.05) is 36.7 Å².